The SMILES string of the molecule is O=C(NN1CCCCCC1)c1cc2c(cn1)Sc1ocnc1C(c1ccc(Cl)cn1)=N2. The molecule has 2 aliphatic rings. The van der Waals surface area contributed by atoms with Crippen LogP contribution in [-0.4, -0.2) is 44.7 Å². The largest absolute Gasteiger partial charge is 0.436 e. The molecule has 0 aromatic carbocycles. The van der Waals surface area contributed by atoms with Gasteiger partial charge in [-0.2, -0.15) is 0 Å². The van der Waals surface area contributed by atoms with E-state index >= 15 is 0 Å². The van der Waals surface area contributed by atoms with Crippen LogP contribution in [-0.2, 0) is 0 Å². The van der Waals surface area contributed by atoms with Gasteiger partial charge in [0.25, 0.3) is 5.91 Å². The van der Waals surface area contributed by atoms with Crippen molar-refractivity contribution in [2.24, 2.45) is 4.99 Å². The van der Waals surface area contributed by atoms with E-state index in [-0.39, 0.29) is 5.91 Å². The molecular formula is C21H19ClN6O2S. The van der Waals surface area contributed by atoms with E-state index in [0.29, 0.717) is 38.6 Å². The molecule has 1 amide bonds. The van der Waals surface area contributed by atoms with Gasteiger partial charge >= 0.3 is 0 Å². The molecule has 3 aromatic heterocycles. The summed E-state index contributed by atoms with van der Waals surface area (Å²) in [6.07, 6.45) is 9.13. The summed E-state index contributed by atoms with van der Waals surface area (Å²) in [4.78, 5) is 31.5. The van der Waals surface area contributed by atoms with Crippen LogP contribution in [0.25, 0.3) is 0 Å². The zero-order chi connectivity index (χ0) is 21.2. The predicted octanol–water partition coefficient (Wildman–Crippen LogP) is 4.27. The molecule has 0 saturated carbocycles. The van der Waals surface area contributed by atoms with E-state index in [9.17, 15) is 4.79 Å². The molecule has 2 aliphatic heterocycles. The molecule has 5 heterocycles. The third-order valence-electron chi connectivity index (χ3n) is 5.11. The van der Waals surface area contributed by atoms with Gasteiger partial charge in [-0.15, -0.1) is 0 Å². The second-order valence-corrected chi connectivity index (χ2v) is 8.74. The van der Waals surface area contributed by atoms with Gasteiger partial charge in [-0.3, -0.25) is 15.2 Å². The van der Waals surface area contributed by atoms with Gasteiger partial charge < -0.3 is 4.42 Å². The monoisotopic (exact) mass is 454 g/mol. The number of pyridine rings is 2. The van der Waals surface area contributed by atoms with Crippen LogP contribution in [0.15, 0.2) is 56.4 Å². The van der Waals surface area contributed by atoms with Crippen LogP contribution in [0, 0.1) is 0 Å². The van der Waals surface area contributed by atoms with E-state index < -0.39 is 0 Å². The fourth-order valence-electron chi connectivity index (χ4n) is 3.54. The first-order valence-corrected chi connectivity index (χ1v) is 11.2. The van der Waals surface area contributed by atoms with Crippen LogP contribution in [0.2, 0.25) is 5.02 Å². The predicted molar refractivity (Wildman–Crippen MR) is 117 cm³/mol. The van der Waals surface area contributed by atoms with Gasteiger partial charge in [0, 0.05) is 25.5 Å². The van der Waals surface area contributed by atoms with Crippen LogP contribution in [0.4, 0.5) is 5.69 Å². The minimum absolute atomic E-state index is 0.241. The van der Waals surface area contributed by atoms with Gasteiger partial charge in [0.1, 0.15) is 17.1 Å². The highest BCUT2D eigenvalue weighted by molar-refractivity contribution is 7.99. The van der Waals surface area contributed by atoms with E-state index in [2.05, 4.69) is 20.4 Å². The summed E-state index contributed by atoms with van der Waals surface area (Å²) >= 11 is 7.36. The number of aromatic nitrogens is 3. The Balaban J connectivity index is 1.49. The molecule has 8 nitrogen and oxygen atoms in total. The van der Waals surface area contributed by atoms with Crippen LogP contribution >= 0.6 is 23.4 Å². The molecule has 0 bridgehead atoms. The van der Waals surface area contributed by atoms with Crippen molar-refractivity contribution in [1.82, 2.24) is 25.4 Å². The second-order valence-electron chi connectivity index (χ2n) is 7.29. The number of halogens is 1. The summed E-state index contributed by atoms with van der Waals surface area (Å²) in [5.41, 5.74) is 5.65. The van der Waals surface area contributed by atoms with Crippen molar-refractivity contribution in [1.29, 1.82) is 0 Å². The van der Waals surface area contributed by atoms with Crippen molar-refractivity contribution >= 4 is 40.7 Å². The molecule has 5 rings (SSSR count). The van der Waals surface area contributed by atoms with Gasteiger partial charge in [-0.05, 0) is 42.8 Å². The highest BCUT2D eigenvalue weighted by atomic mass is 35.5. The second kappa shape index (κ2) is 8.78. The van der Waals surface area contributed by atoms with Crippen molar-refractivity contribution < 1.29 is 9.21 Å². The van der Waals surface area contributed by atoms with Crippen molar-refractivity contribution in [3.05, 3.63) is 59.1 Å². The number of nitrogens with one attached hydrogen (secondary N) is 1. The molecular weight excluding hydrogens is 436 g/mol. The molecule has 158 valence electrons. The Hall–Kier alpha value is -2.75. The van der Waals surface area contributed by atoms with E-state index in [1.807, 2.05) is 5.01 Å². The maximum Gasteiger partial charge on any atom is 0.284 e. The Morgan fingerprint density at radius 3 is 2.71 bits per heavy atom. The summed E-state index contributed by atoms with van der Waals surface area (Å²) in [5.74, 6) is -0.241. The fraction of sp³-hybridized carbons (Fsp3) is 0.286. The number of carbonyl (C=O) groups is 1. The smallest absolute Gasteiger partial charge is 0.284 e. The summed E-state index contributed by atoms with van der Waals surface area (Å²) in [5, 5.41) is 3.10. The van der Waals surface area contributed by atoms with Crippen molar-refractivity contribution in [3.8, 4) is 0 Å². The Kier molecular flexibility index (Phi) is 5.71. The van der Waals surface area contributed by atoms with Crippen molar-refractivity contribution in [3.63, 3.8) is 0 Å². The average molecular weight is 455 g/mol. The zero-order valence-corrected chi connectivity index (χ0v) is 18.1. The van der Waals surface area contributed by atoms with Crippen LogP contribution < -0.4 is 5.43 Å². The lowest BCUT2D eigenvalue weighted by Gasteiger charge is -2.20. The fourth-order valence-corrected chi connectivity index (χ4v) is 4.50. The lowest BCUT2D eigenvalue weighted by atomic mass is 10.2. The Morgan fingerprint density at radius 1 is 1.10 bits per heavy atom. The third-order valence-corrected chi connectivity index (χ3v) is 6.34. The quantitative estimate of drug-likeness (QED) is 0.493. The minimum atomic E-state index is -0.241. The number of rotatable bonds is 3. The van der Waals surface area contributed by atoms with Gasteiger partial charge in [0.05, 0.1) is 21.3 Å². The van der Waals surface area contributed by atoms with Crippen LogP contribution in [0.1, 0.15) is 47.6 Å². The molecule has 0 radical (unpaired) electrons. The normalized spacial score (nSPS) is 16.5. The molecule has 1 fully saturated rings. The maximum atomic E-state index is 12.8. The van der Waals surface area contributed by atoms with E-state index in [1.54, 1.807) is 30.6 Å². The van der Waals surface area contributed by atoms with E-state index in [1.165, 1.54) is 31.0 Å². The van der Waals surface area contributed by atoms with Crippen LogP contribution in [0.5, 0.6) is 0 Å². The molecule has 10 heteroatoms. The summed E-state index contributed by atoms with van der Waals surface area (Å²) < 4.78 is 5.56. The zero-order valence-electron chi connectivity index (χ0n) is 16.5. The summed E-state index contributed by atoms with van der Waals surface area (Å²) in [6, 6.07) is 5.22. The number of oxazole rings is 1. The number of aliphatic imine (C=N–C) groups is 1. The number of hydrogen-bond donors (Lipinski definition) is 1. The van der Waals surface area contributed by atoms with Gasteiger partial charge in [0.15, 0.2) is 11.5 Å². The number of nitrogens with zero attached hydrogens (tertiary/aromatic N) is 5. The lowest BCUT2D eigenvalue weighted by Crippen LogP contribution is -2.42. The molecule has 0 unspecified atom stereocenters. The first-order chi connectivity index (χ1) is 15.2. The van der Waals surface area contributed by atoms with Crippen molar-refractivity contribution in [2.45, 2.75) is 35.7 Å². The number of amides is 1. The molecule has 1 saturated heterocycles. The topological polar surface area (TPSA) is 96.5 Å². The van der Waals surface area contributed by atoms with Crippen molar-refractivity contribution in [2.75, 3.05) is 13.1 Å². The first kappa shape index (κ1) is 20.2. The van der Waals surface area contributed by atoms with Gasteiger partial charge in [0.2, 0.25) is 0 Å². The molecule has 3 aromatic rings. The summed E-state index contributed by atoms with van der Waals surface area (Å²) in [6.45, 7) is 1.70. The molecule has 31 heavy (non-hydrogen) atoms. The van der Waals surface area contributed by atoms with E-state index in [4.69, 9.17) is 21.0 Å². The number of hydrogen-bond acceptors (Lipinski definition) is 8. The minimum Gasteiger partial charge on any atom is -0.436 e. The van der Waals surface area contributed by atoms with Gasteiger partial charge in [-0.25, -0.2) is 20.0 Å². The number of hydrazine groups is 1. The van der Waals surface area contributed by atoms with E-state index in [0.717, 1.165) is 30.8 Å². The number of carbonyl (C=O) groups excluding carboxylic acids is 1. The highest BCUT2D eigenvalue weighted by Crippen LogP contribution is 2.40. The molecule has 0 aliphatic carbocycles. The Labute approximate surface area is 188 Å². The van der Waals surface area contributed by atoms with Gasteiger partial charge in [-0.1, -0.05) is 24.4 Å². The highest BCUT2D eigenvalue weighted by Gasteiger charge is 2.25. The maximum absolute atomic E-state index is 12.8. The number of fused-ring (bicyclic) bond motifs is 2. The summed E-state index contributed by atoms with van der Waals surface area (Å²) in [7, 11) is 0. The first-order valence-electron chi connectivity index (χ1n) is 10.1. The Morgan fingerprint density at radius 2 is 1.94 bits per heavy atom. The third kappa shape index (κ3) is 4.34. The molecule has 0 atom stereocenters. The molecule has 1 N–H and O–H groups in total. The molecule has 0 spiro atoms. The van der Waals surface area contributed by atoms with Crippen LogP contribution in [0.3, 0.4) is 0 Å². The standard InChI is InChI=1S/C21H19ClN6O2S/c22-13-5-6-14(23-10-13)18-19-21(30-12-25-19)31-17-11-24-16(9-15(17)26-18)20(29)27-28-7-3-1-2-4-8-28/h5-6,9-12H,1-4,7-8H2,(H,27,29). The average Bonchev–Trinajstić information content (AvgIpc) is 2.99. The lowest BCUT2D eigenvalue weighted by molar-refractivity contribution is 0.0789. The Bertz CT molecular complexity index is 1140.